The van der Waals surface area contributed by atoms with E-state index in [0.717, 1.165) is 21.3 Å². The lowest BCUT2D eigenvalue weighted by atomic mass is 10.2. The molecule has 0 heterocycles. The standard InChI is InChI=1S/C16H18BrN3O2S/c1-12-4-7-14(8-5-12)23(21,22)19-18-11-13-6-9-16(20(2)3)15(17)10-13/h4-11,19H,1-3H3/b18-11+. The molecule has 0 atom stereocenters. The van der Waals surface area contributed by atoms with E-state index in [4.69, 9.17) is 0 Å². The monoisotopic (exact) mass is 395 g/mol. The molecule has 0 radical (unpaired) electrons. The van der Waals surface area contributed by atoms with Crippen LogP contribution in [0.1, 0.15) is 11.1 Å². The first-order chi connectivity index (χ1) is 10.8. The Hall–Kier alpha value is -1.86. The lowest BCUT2D eigenvalue weighted by Gasteiger charge is -2.14. The van der Waals surface area contributed by atoms with Crippen LogP contribution in [0.3, 0.4) is 0 Å². The molecule has 0 saturated heterocycles. The number of hydrazone groups is 1. The summed E-state index contributed by atoms with van der Waals surface area (Å²) in [6.45, 7) is 1.90. The highest BCUT2D eigenvalue weighted by molar-refractivity contribution is 9.10. The predicted octanol–water partition coefficient (Wildman–Crippen LogP) is 3.14. The summed E-state index contributed by atoms with van der Waals surface area (Å²) < 4.78 is 25.1. The van der Waals surface area contributed by atoms with Crippen molar-refractivity contribution in [2.24, 2.45) is 5.10 Å². The minimum Gasteiger partial charge on any atom is -0.377 e. The number of nitrogens with one attached hydrogen (secondary N) is 1. The lowest BCUT2D eigenvalue weighted by Crippen LogP contribution is -2.18. The molecule has 0 saturated carbocycles. The molecule has 0 fully saturated rings. The van der Waals surface area contributed by atoms with Crippen LogP contribution >= 0.6 is 15.9 Å². The molecular weight excluding hydrogens is 378 g/mol. The van der Waals surface area contributed by atoms with Gasteiger partial charge in [0, 0.05) is 18.6 Å². The Bertz CT molecular complexity index is 816. The first kappa shape index (κ1) is 17.5. The van der Waals surface area contributed by atoms with Crippen molar-refractivity contribution < 1.29 is 8.42 Å². The van der Waals surface area contributed by atoms with Gasteiger partial charge in [0.25, 0.3) is 10.0 Å². The minimum atomic E-state index is -3.65. The molecule has 0 aromatic heterocycles. The molecule has 0 aliphatic heterocycles. The van der Waals surface area contributed by atoms with Gasteiger partial charge in [-0.05, 0) is 52.7 Å². The largest absolute Gasteiger partial charge is 0.377 e. The van der Waals surface area contributed by atoms with Gasteiger partial charge in [0.2, 0.25) is 0 Å². The molecule has 0 aliphatic carbocycles. The average molecular weight is 396 g/mol. The Morgan fingerprint density at radius 3 is 2.35 bits per heavy atom. The van der Waals surface area contributed by atoms with Gasteiger partial charge < -0.3 is 4.90 Å². The fourth-order valence-corrected chi connectivity index (χ4v) is 3.45. The van der Waals surface area contributed by atoms with Gasteiger partial charge in [-0.15, -0.1) is 0 Å². The van der Waals surface area contributed by atoms with Gasteiger partial charge in [-0.25, -0.2) is 4.83 Å². The van der Waals surface area contributed by atoms with E-state index in [1.54, 1.807) is 24.3 Å². The molecule has 0 spiro atoms. The molecule has 0 bridgehead atoms. The number of aryl methyl sites for hydroxylation is 1. The summed E-state index contributed by atoms with van der Waals surface area (Å²) in [6, 6.07) is 12.3. The predicted molar refractivity (Wildman–Crippen MR) is 97.6 cm³/mol. The summed E-state index contributed by atoms with van der Waals surface area (Å²) >= 11 is 3.48. The van der Waals surface area contributed by atoms with E-state index in [1.165, 1.54) is 6.21 Å². The highest BCUT2D eigenvalue weighted by Crippen LogP contribution is 2.25. The summed E-state index contributed by atoms with van der Waals surface area (Å²) in [4.78, 5) is 4.38. The molecule has 5 nitrogen and oxygen atoms in total. The van der Waals surface area contributed by atoms with Gasteiger partial charge in [0.1, 0.15) is 0 Å². The smallest absolute Gasteiger partial charge is 0.276 e. The van der Waals surface area contributed by atoms with Crippen molar-refractivity contribution in [1.82, 2.24) is 4.83 Å². The minimum absolute atomic E-state index is 0.185. The van der Waals surface area contributed by atoms with Crippen molar-refractivity contribution in [2.45, 2.75) is 11.8 Å². The Morgan fingerprint density at radius 2 is 1.78 bits per heavy atom. The van der Waals surface area contributed by atoms with Crippen molar-refractivity contribution in [3.8, 4) is 0 Å². The fourth-order valence-electron chi connectivity index (χ4n) is 1.91. The molecule has 2 aromatic rings. The van der Waals surface area contributed by atoms with E-state index in [1.807, 2.05) is 44.1 Å². The van der Waals surface area contributed by atoms with Crippen LogP contribution < -0.4 is 9.73 Å². The summed E-state index contributed by atoms with van der Waals surface area (Å²) in [6.07, 6.45) is 1.47. The Morgan fingerprint density at radius 1 is 1.13 bits per heavy atom. The maximum atomic E-state index is 12.1. The van der Waals surface area contributed by atoms with Crippen molar-refractivity contribution in [2.75, 3.05) is 19.0 Å². The number of halogens is 1. The first-order valence-electron chi connectivity index (χ1n) is 6.88. The summed E-state index contributed by atoms with van der Waals surface area (Å²) in [5.74, 6) is 0. The number of hydrogen-bond acceptors (Lipinski definition) is 4. The maximum Gasteiger partial charge on any atom is 0.276 e. The van der Waals surface area contributed by atoms with Gasteiger partial charge in [0.05, 0.1) is 16.8 Å². The van der Waals surface area contributed by atoms with Gasteiger partial charge >= 0.3 is 0 Å². The zero-order chi connectivity index (χ0) is 17.0. The van der Waals surface area contributed by atoms with E-state index in [0.29, 0.717) is 0 Å². The Balaban J connectivity index is 2.12. The highest BCUT2D eigenvalue weighted by atomic mass is 79.9. The van der Waals surface area contributed by atoms with Crippen LogP contribution in [0.2, 0.25) is 0 Å². The second kappa shape index (κ2) is 7.14. The van der Waals surface area contributed by atoms with Crippen LogP contribution in [0.15, 0.2) is 56.9 Å². The van der Waals surface area contributed by atoms with Gasteiger partial charge in [0.15, 0.2) is 0 Å². The molecule has 7 heteroatoms. The third-order valence-electron chi connectivity index (χ3n) is 3.17. The van der Waals surface area contributed by atoms with Crippen molar-refractivity contribution in [3.05, 3.63) is 58.1 Å². The van der Waals surface area contributed by atoms with Crippen molar-refractivity contribution in [1.29, 1.82) is 0 Å². The molecule has 1 N–H and O–H groups in total. The number of nitrogens with zero attached hydrogens (tertiary/aromatic N) is 2. The topological polar surface area (TPSA) is 61.8 Å². The molecule has 122 valence electrons. The number of sulfonamides is 1. The highest BCUT2D eigenvalue weighted by Gasteiger charge is 2.11. The normalized spacial score (nSPS) is 11.7. The lowest BCUT2D eigenvalue weighted by molar-refractivity contribution is 0.584. The van der Waals surface area contributed by atoms with Gasteiger partial charge in [-0.3, -0.25) is 0 Å². The molecule has 23 heavy (non-hydrogen) atoms. The SMILES string of the molecule is Cc1ccc(S(=O)(=O)N/N=C/c2ccc(N(C)C)c(Br)c2)cc1. The van der Waals surface area contributed by atoms with E-state index in [-0.39, 0.29) is 4.90 Å². The molecule has 0 unspecified atom stereocenters. The summed E-state index contributed by atoms with van der Waals surface area (Å²) in [5, 5.41) is 3.83. The van der Waals surface area contributed by atoms with Crippen LogP contribution in [0.5, 0.6) is 0 Å². The van der Waals surface area contributed by atoms with Gasteiger partial charge in [-0.2, -0.15) is 13.5 Å². The number of rotatable bonds is 5. The van der Waals surface area contributed by atoms with E-state index < -0.39 is 10.0 Å². The Kier molecular flexibility index (Phi) is 5.43. The third kappa shape index (κ3) is 4.56. The summed E-state index contributed by atoms with van der Waals surface area (Å²) in [5.41, 5.74) is 2.81. The van der Waals surface area contributed by atoms with Crippen LogP contribution in [0.25, 0.3) is 0 Å². The van der Waals surface area contributed by atoms with Crippen molar-refractivity contribution >= 4 is 37.9 Å². The van der Waals surface area contributed by atoms with E-state index in [2.05, 4.69) is 25.9 Å². The molecule has 0 amide bonds. The fraction of sp³-hybridized carbons (Fsp3) is 0.188. The number of benzene rings is 2. The quantitative estimate of drug-likeness (QED) is 0.624. The van der Waals surface area contributed by atoms with E-state index >= 15 is 0 Å². The average Bonchev–Trinajstić information content (AvgIpc) is 2.47. The molecule has 2 aromatic carbocycles. The van der Waals surface area contributed by atoms with Crippen LogP contribution in [0, 0.1) is 6.92 Å². The zero-order valence-electron chi connectivity index (χ0n) is 13.1. The third-order valence-corrected chi connectivity index (χ3v) is 5.05. The maximum absolute atomic E-state index is 12.1. The van der Waals surface area contributed by atoms with Crippen LogP contribution in [0.4, 0.5) is 5.69 Å². The first-order valence-corrected chi connectivity index (χ1v) is 9.15. The molecular formula is C16H18BrN3O2S. The zero-order valence-corrected chi connectivity index (χ0v) is 15.5. The van der Waals surface area contributed by atoms with Crippen LogP contribution in [-0.2, 0) is 10.0 Å². The molecule has 0 aliphatic rings. The second-order valence-electron chi connectivity index (χ2n) is 5.27. The number of anilines is 1. The van der Waals surface area contributed by atoms with Crippen molar-refractivity contribution in [3.63, 3.8) is 0 Å². The molecule has 2 rings (SSSR count). The Labute approximate surface area is 145 Å². The van der Waals surface area contributed by atoms with Crippen LogP contribution in [-0.4, -0.2) is 28.7 Å². The van der Waals surface area contributed by atoms with Gasteiger partial charge in [-0.1, -0.05) is 23.8 Å². The summed E-state index contributed by atoms with van der Waals surface area (Å²) in [7, 11) is 0.249. The number of hydrogen-bond donors (Lipinski definition) is 1. The van der Waals surface area contributed by atoms with E-state index in [9.17, 15) is 8.42 Å². The second-order valence-corrected chi connectivity index (χ2v) is 7.79.